The molecule has 0 fully saturated rings. The molecule has 1 aliphatic rings. The lowest BCUT2D eigenvalue weighted by Gasteiger charge is -2.15. The third-order valence-corrected chi connectivity index (χ3v) is 4.75. The molecule has 0 aromatic heterocycles. The first-order valence-electron chi connectivity index (χ1n) is 7.23. The van der Waals surface area contributed by atoms with Crippen molar-refractivity contribution in [3.05, 3.63) is 63.1 Å². The monoisotopic (exact) mass is 318 g/mol. The van der Waals surface area contributed by atoms with Gasteiger partial charge in [0.1, 0.15) is 0 Å². The zero-order chi connectivity index (χ0) is 15.0. The third kappa shape index (κ3) is 3.13. The van der Waals surface area contributed by atoms with E-state index in [0.717, 1.165) is 28.6 Å². The Kier molecular flexibility index (Phi) is 4.30. The fraction of sp³-hybridized carbons (Fsp3) is 0.294. The third-order valence-electron chi connectivity index (χ3n) is 4.17. The van der Waals surface area contributed by atoms with Crippen LogP contribution in [0.4, 0.5) is 0 Å². The van der Waals surface area contributed by atoms with Crippen LogP contribution in [0.25, 0.3) is 0 Å². The van der Waals surface area contributed by atoms with Crippen molar-refractivity contribution in [3.8, 4) is 0 Å². The lowest BCUT2D eigenvalue weighted by molar-refractivity contribution is 0.333. The number of benzene rings is 2. The summed E-state index contributed by atoms with van der Waals surface area (Å²) in [5, 5.41) is 1.52. The first-order valence-corrected chi connectivity index (χ1v) is 7.98. The normalized spacial score (nSPS) is 15.1. The van der Waals surface area contributed by atoms with E-state index in [1.165, 1.54) is 16.6 Å². The lowest BCUT2D eigenvalue weighted by atomic mass is 9.64. The number of halogens is 2. The van der Waals surface area contributed by atoms with Gasteiger partial charge in [0, 0.05) is 10.0 Å². The first kappa shape index (κ1) is 15.0. The predicted molar refractivity (Wildman–Crippen MR) is 91.1 cm³/mol. The predicted octanol–water partition coefficient (Wildman–Crippen LogP) is 4.70. The van der Waals surface area contributed by atoms with Crippen LogP contribution in [0.5, 0.6) is 0 Å². The van der Waals surface area contributed by atoms with Crippen molar-refractivity contribution in [3.63, 3.8) is 0 Å². The van der Waals surface area contributed by atoms with Gasteiger partial charge in [-0.3, -0.25) is 0 Å². The summed E-state index contributed by atoms with van der Waals surface area (Å²) in [4.78, 5) is 0. The summed E-state index contributed by atoms with van der Waals surface area (Å²) in [5.74, 6) is 0.326. The van der Waals surface area contributed by atoms with Crippen molar-refractivity contribution in [2.24, 2.45) is 0 Å². The zero-order valence-corrected chi connectivity index (χ0v) is 13.7. The van der Waals surface area contributed by atoms with Crippen LogP contribution in [-0.2, 0) is 17.7 Å². The van der Waals surface area contributed by atoms with Crippen LogP contribution in [0.1, 0.15) is 29.5 Å². The van der Waals surface area contributed by atoms with E-state index >= 15 is 0 Å². The molecule has 0 N–H and O–H groups in total. The van der Waals surface area contributed by atoms with E-state index in [4.69, 9.17) is 27.9 Å². The molecule has 1 aliphatic heterocycles. The minimum atomic E-state index is 0.199. The molecular weight excluding hydrogens is 302 g/mol. The number of rotatable bonds is 3. The highest BCUT2D eigenvalue weighted by atomic mass is 35.5. The molecule has 0 bridgehead atoms. The summed E-state index contributed by atoms with van der Waals surface area (Å²) in [6.07, 6.45) is 0.945. The summed E-state index contributed by atoms with van der Waals surface area (Å²) < 4.78 is 5.66. The Morgan fingerprint density at radius 3 is 2.81 bits per heavy atom. The van der Waals surface area contributed by atoms with E-state index in [1.807, 2.05) is 18.2 Å². The van der Waals surface area contributed by atoms with Crippen molar-refractivity contribution >= 4 is 35.6 Å². The molecule has 0 aliphatic carbocycles. The minimum Gasteiger partial charge on any atom is -0.427 e. The van der Waals surface area contributed by atoms with Crippen molar-refractivity contribution < 1.29 is 4.65 Å². The molecule has 1 heterocycles. The molecule has 108 valence electrons. The van der Waals surface area contributed by atoms with Crippen LogP contribution in [0.3, 0.4) is 0 Å². The van der Waals surface area contributed by atoms with E-state index in [2.05, 4.69) is 31.9 Å². The van der Waals surface area contributed by atoms with Gasteiger partial charge in [-0.15, -0.1) is 0 Å². The maximum Gasteiger partial charge on any atom is 0.324 e. The van der Waals surface area contributed by atoms with E-state index in [-0.39, 0.29) is 6.92 Å². The van der Waals surface area contributed by atoms with E-state index < -0.39 is 0 Å². The van der Waals surface area contributed by atoms with Gasteiger partial charge in [-0.1, -0.05) is 55.1 Å². The van der Waals surface area contributed by atoms with Gasteiger partial charge in [0.15, 0.2) is 0 Å². The fourth-order valence-corrected chi connectivity index (χ4v) is 3.43. The Labute approximate surface area is 136 Å². The molecule has 4 heteroatoms. The average molecular weight is 319 g/mol. The summed E-state index contributed by atoms with van der Waals surface area (Å²) >= 11 is 12.4. The molecule has 1 nitrogen and oxygen atoms in total. The fourth-order valence-electron chi connectivity index (χ4n) is 2.94. The van der Waals surface area contributed by atoms with E-state index in [9.17, 15) is 0 Å². The molecule has 0 radical (unpaired) electrons. The summed E-state index contributed by atoms with van der Waals surface area (Å²) in [7, 11) is 0. The molecule has 1 atom stereocenters. The molecule has 2 aromatic rings. The van der Waals surface area contributed by atoms with Gasteiger partial charge in [0.25, 0.3) is 0 Å². The molecule has 0 amide bonds. The minimum absolute atomic E-state index is 0.199. The van der Waals surface area contributed by atoms with Gasteiger partial charge >= 0.3 is 6.92 Å². The second-order valence-corrected chi connectivity index (χ2v) is 6.60. The molecule has 2 aromatic carbocycles. The molecule has 0 saturated heterocycles. The Bertz CT molecular complexity index is 672. The van der Waals surface area contributed by atoms with Gasteiger partial charge in [-0.25, -0.2) is 0 Å². The average Bonchev–Trinajstić information content (AvgIpc) is 2.83. The topological polar surface area (TPSA) is 9.23 Å². The maximum absolute atomic E-state index is 6.30. The van der Waals surface area contributed by atoms with Crippen molar-refractivity contribution in [2.75, 3.05) is 0 Å². The highest BCUT2D eigenvalue weighted by Gasteiger charge is 2.23. The quantitative estimate of drug-likeness (QED) is 0.745. The molecule has 1 unspecified atom stereocenters. The Morgan fingerprint density at radius 2 is 2.00 bits per heavy atom. The van der Waals surface area contributed by atoms with Crippen LogP contribution in [-0.4, -0.2) is 6.92 Å². The van der Waals surface area contributed by atoms with Crippen molar-refractivity contribution in [1.82, 2.24) is 0 Å². The summed E-state index contributed by atoms with van der Waals surface area (Å²) in [6, 6.07) is 12.3. The van der Waals surface area contributed by atoms with Gasteiger partial charge in [-0.2, -0.15) is 0 Å². The smallest absolute Gasteiger partial charge is 0.324 e. The van der Waals surface area contributed by atoms with Crippen LogP contribution in [0.15, 0.2) is 36.4 Å². The van der Waals surface area contributed by atoms with Gasteiger partial charge in [-0.05, 0) is 52.7 Å². The number of hydrogen-bond donors (Lipinski definition) is 0. The van der Waals surface area contributed by atoms with Gasteiger partial charge in [0.2, 0.25) is 0 Å². The molecule has 0 saturated carbocycles. The van der Waals surface area contributed by atoms with Crippen LogP contribution in [0.2, 0.25) is 16.9 Å². The van der Waals surface area contributed by atoms with Crippen molar-refractivity contribution in [2.45, 2.75) is 32.7 Å². The molecule has 0 spiro atoms. The van der Waals surface area contributed by atoms with Crippen molar-refractivity contribution in [1.29, 1.82) is 0 Å². The van der Waals surface area contributed by atoms with Gasteiger partial charge in [0.05, 0.1) is 6.61 Å². The summed E-state index contributed by atoms with van der Waals surface area (Å²) in [5.41, 5.74) is 5.04. The van der Waals surface area contributed by atoms with Gasteiger partial charge < -0.3 is 4.65 Å². The lowest BCUT2D eigenvalue weighted by Crippen LogP contribution is -2.24. The number of hydrogen-bond acceptors (Lipinski definition) is 1. The number of fused-ring (bicyclic) bond motifs is 1. The Hall–Kier alpha value is -0.955. The second kappa shape index (κ2) is 6.04. The second-order valence-electron chi connectivity index (χ2n) is 5.76. The SMILES string of the molecule is CB1OCc2ccc(CC(C)c3cc(Cl)ccc3Cl)cc21. The van der Waals surface area contributed by atoms with E-state index in [1.54, 1.807) is 0 Å². The highest BCUT2D eigenvalue weighted by molar-refractivity contribution is 6.67. The molecule has 3 rings (SSSR count). The molecular formula is C17H17BCl2O. The standard InChI is InChI=1S/C17H17BCl2O/c1-11(15-9-14(19)5-6-17(15)20)7-12-3-4-13-10-21-18(2)16(13)8-12/h3-6,8-9,11H,7,10H2,1-2H3. The summed E-state index contributed by atoms with van der Waals surface area (Å²) in [6.45, 7) is 5.22. The van der Waals surface area contributed by atoms with Crippen LogP contribution >= 0.6 is 23.2 Å². The highest BCUT2D eigenvalue weighted by Crippen LogP contribution is 2.30. The maximum atomic E-state index is 6.30. The Morgan fingerprint density at radius 1 is 1.19 bits per heavy atom. The largest absolute Gasteiger partial charge is 0.427 e. The zero-order valence-electron chi connectivity index (χ0n) is 12.2. The molecule has 21 heavy (non-hydrogen) atoms. The van der Waals surface area contributed by atoms with E-state index in [0.29, 0.717) is 5.92 Å². The first-order chi connectivity index (χ1) is 10.0. The van der Waals surface area contributed by atoms with Crippen LogP contribution < -0.4 is 5.46 Å². The Balaban J connectivity index is 1.83. The van der Waals surface area contributed by atoms with Crippen LogP contribution in [0, 0.1) is 0 Å².